The van der Waals surface area contributed by atoms with Crippen LogP contribution in [-0.4, -0.2) is 22.6 Å². The molecule has 96 valence electrons. The minimum Gasteiger partial charge on any atom is -0.277 e. The van der Waals surface area contributed by atoms with Crippen LogP contribution in [-0.2, 0) is 20.2 Å². The lowest BCUT2D eigenvalue weighted by molar-refractivity contribution is 0.236. The molecular formula is C7H6F3NO4S2. The molecule has 0 aliphatic heterocycles. The molecule has 1 rings (SSSR count). The SMILES string of the molecule is O=S(=O)(F)c1ccccc1NS(=O)(=O)C(F)F. The Labute approximate surface area is 95.5 Å². The third-order valence-corrected chi connectivity index (χ3v) is 3.49. The fourth-order valence-electron chi connectivity index (χ4n) is 0.961. The van der Waals surface area contributed by atoms with Crippen LogP contribution in [0.2, 0.25) is 0 Å². The molecular weight excluding hydrogens is 283 g/mol. The van der Waals surface area contributed by atoms with Crippen molar-refractivity contribution < 1.29 is 29.5 Å². The maximum Gasteiger partial charge on any atom is 0.355 e. The van der Waals surface area contributed by atoms with E-state index in [4.69, 9.17) is 0 Å². The number of hydrogen-bond acceptors (Lipinski definition) is 4. The third-order valence-electron chi connectivity index (χ3n) is 1.64. The second-order valence-corrected chi connectivity index (χ2v) is 5.81. The molecule has 0 radical (unpaired) electrons. The van der Waals surface area contributed by atoms with Gasteiger partial charge in [-0.25, -0.2) is 8.42 Å². The van der Waals surface area contributed by atoms with Crippen molar-refractivity contribution in [3.05, 3.63) is 24.3 Å². The Morgan fingerprint density at radius 2 is 1.59 bits per heavy atom. The molecule has 0 aliphatic carbocycles. The molecule has 5 nitrogen and oxygen atoms in total. The molecule has 0 aromatic heterocycles. The highest BCUT2D eigenvalue weighted by molar-refractivity contribution is 7.93. The molecule has 0 fully saturated rings. The van der Waals surface area contributed by atoms with Crippen LogP contribution in [0.25, 0.3) is 0 Å². The zero-order valence-corrected chi connectivity index (χ0v) is 9.60. The topological polar surface area (TPSA) is 80.3 Å². The second kappa shape index (κ2) is 4.53. The van der Waals surface area contributed by atoms with Gasteiger partial charge in [-0.15, -0.1) is 3.89 Å². The summed E-state index contributed by atoms with van der Waals surface area (Å²) in [5, 5.41) is 0. The maximum atomic E-state index is 12.7. The number of anilines is 1. The van der Waals surface area contributed by atoms with Crippen molar-refractivity contribution in [3.63, 3.8) is 0 Å². The quantitative estimate of drug-likeness (QED) is 0.847. The van der Waals surface area contributed by atoms with E-state index < -0.39 is 36.6 Å². The van der Waals surface area contributed by atoms with E-state index in [1.165, 1.54) is 4.72 Å². The minimum absolute atomic E-state index is 0.749. The molecule has 1 aromatic rings. The molecule has 0 unspecified atom stereocenters. The number of hydrogen-bond donors (Lipinski definition) is 1. The lowest BCUT2D eigenvalue weighted by Crippen LogP contribution is -2.21. The Kier molecular flexibility index (Phi) is 3.67. The summed E-state index contributed by atoms with van der Waals surface area (Å²) in [7, 11) is -10.3. The summed E-state index contributed by atoms with van der Waals surface area (Å²) in [4.78, 5) is -1.02. The highest BCUT2D eigenvalue weighted by Crippen LogP contribution is 2.24. The highest BCUT2D eigenvalue weighted by atomic mass is 32.3. The fraction of sp³-hybridized carbons (Fsp3) is 0.143. The van der Waals surface area contributed by atoms with Gasteiger partial charge in [-0.3, -0.25) is 4.72 Å². The lowest BCUT2D eigenvalue weighted by atomic mass is 10.3. The Hall–Kier alpha value is -1.29. The fourth-order valence-corrected chi connectivity index (χ4v) is 2.22. The van der Waals surface area contributed by atoms with Gasteiger partial charge in [-0.05, 0) is 12.1 Å². The monoisotopic (exact) mass is 289 g/mol. The van der Waals surface area contributed by atoms with Gasteiger partial charge in [-0.1, -0.05) is 12.1 Å². The Morgan fingerprint density at radius 1 is 1.06 bits per heavy atom. The van der Waals surface area contributed by atoms with Gasteiger partial charge >= 0.3 is 16.0 Å². The number of sulfonamides is 1. The molecule has 0 heterocycles. The molecule has 0 saturated carbocycles. The van der Waals surface area contributed by atoms with Gasteiger partial charge in [-0.2, -0.15) is 17.2 Å². The van der Waals surface area contributed by atoms with Crippen LogP contribution in [0.1, 0.15) is 0 Å². The molecule has 0 aliphatic rings. The van der Waals surface area contributed by atoms with E-state index >= 15 is 0 Å². The summed E-state index contributed by atoms with van der Waals surface area (Å²) < 4.78 is 80.9. The van der Waals surface area contributed by atoms with Gasteiger partial charge < -0.3 is 0 Å². The van der Waals surface area contributed by atoms with Crippen molar-refractivity contribution in [2.45, 2.75) is 10.7 Å². The van der Waals surface area contributed by atoms with E-state index in [0.29, 0.717) is 0 Å². The normalized spacial score (nSPS) is 12.7. The maximum absolute atomic E-state index is 12.7. The predicted molar refractivity (Wildman–Crippen MR) is 53.3 cm³/mol. The molecule has 0 amide bonds. The Balaban J connectivity index is 3.27. The van der Waals surface area contributed by atoms with Gasteiger partial charge in [0.25, 0.3) is 10.0 Å². The van der Waals surface area contributed by atoms with E-state index in [1.54, 1.807) is 0 Å². The highest BCUT2D eigenvalue weighted by Gasteiger charge is 2.27. The first-order valence-electron chi connectivity index (χ1n) is 3.98. The second-order valence-electron chi connectivity index (χ2n) is 2.84. The minimum atomic E-state index is -5.20. The van der Waals surface area contributed by atoms with Crippen LogP contribution < -0.4 is 4.72 Å². The summed E-state index contributed by atoms with van der Waals surface area (Å²) in [6.45, 7) is 0. The van der Waals surface area contributed by atoms with E-state index in [1.807, 2.05) is 0 Å². The van der Waals surface area contributed by atoms with Gasteiger partial charge in [0.05, 0.1) is 5.69 Å². The van der Waals surface area contributed by atoms with Crippen molar-refractivity contribution in [1.29, 1.82) is 0 Å². The van der Waals surface area contributed by atoms with Gasteiger partial charge in [0.1, 0.15) is 4.90 Å². The average Bonchev–Trinajstić information content (AvgIpc) is 2.15. The zero-order valence-electron chi connectivity index (χ0n) is 7.97. The third kappa shape index (κ3) is 3.33. The zero-order chi connectivity index (χ0) is 13.3. The lowest BCUT2D eigenvalue weighted by Gasteiger charge is -2.09. The van der Waals surface area contributed by atoms with E-state index in [0.717, 1.165) is 24.3 Å². The van der Waals surface area contributed by atoms with Crippen LogP contribution in [0, 0.1) is 0 Å². The molecule has 10 heteroatoms. The summed E-state index contributed by atoms with van der Waals surface area (Å²) in [5.41, 5.74) is -0.768. The number of alkyl halides is 2. The Bertz CT molecular complexity index is 612. The van der Waals surface area contributed by atoms with Crippen LogP contribution in [0.4, 0.5) is 18.4 Å². The van der Waals surface area contributed by atoms with Gasteiger partial charge in [0, 0.05) is 0 Å². The van der Waals surface area contributed by atoms with E-state index in [9.17, 15) is 29.5 Å². The molecule has 0 spiro atoms. The van der Waals surface area contributed by atoms with Gasteiger partial charge in [0.15, 0.2) is 0 Å². The molecule has 1 aromatic carbocycles. The number of halogens is 3. The van der Waals surface area contributed by atoms with Gasteiger partial charge in [0.2, 0.25) is 0 Å². The Morgan fingerprint density at radius 3 is 2.06 bits per heavy atom. The summed E-state index contributed by atoms with van der Waals surface area (Å²) in [6.07, 6.45) is 0. The van der Waals surface area contributed by atoms with Crippen molar-refractivity contribution >= 4 is 25.9 Å². The van der Waals surface area contributed by atoms with Crippen molar-refractivity contribution in [2.75, 3.05) is 4.72 Å². The number of benzene rings is 1. The van der Waals surface area contributed by atoms with Crippen molar-refractivity contribution in [2.24, 2.45) is 0 Å². The molecule has 0 saturated heterocycles. The van der Waals surface area contributed by atoms with Crippen LogP contribution in [0.3, 0.4) is 0 Å². The first kappa shape index (κ1) is 13.8. The largest absolute Gasteiger partial charge is 0.355 e. The van der Waals surface area contributed by atoms with E-state index in [2.05, 4.69) is 0 Å². The van der Waals surface area contributed by atoms with Crippen LogP contribution in [0.5, 0.6) is 0 Å². The van der Waals surface area contributed by atoms with Crippen LogP contribution in [0.15, 0.2) is 29.2 Å². The predicted octanol–water partition coefficient (Wildman–Crippen LogP) is 1.31. The van der Waals surface area contributed by atoms with Crippen molar-refractivity contribution in [1.82, 2.24) is 0 Å². The summed E-state index contributed by atoms with van der Waals surface area (Å²) in [5.74, 6) is -3.75. The summed E-state index contributed by atoms with van der Waals surface area (Å²) in [6, 6.07) is 3.88. The molecule has 17 heavy (non-hydrogen) atoms. The van der Waals surface area contributed by atoms with Crippen LogP contribution >= 0.6 is 0 Å². The summed E-state index contributed by atoms with van der Waals surface area (Å²) >= 11 is 0. The molecule has 1 N–H and O–H groups in total. The van der Waals surface area contributed by atoms with Crippen molar-refractivity contribution in [3.8, 4) is 0 Å². The number of nitrogens with one attached hydrogen (secondary N) is 1. The molecule has 0 bridgehead atoms. The number of para-hydroxylation sites is 1. The standard InChI is InChI=1S/C7H6F3NO4S2/c8-7(9)17(14,15)11-5-3-1-2-4-6(5)16(10,12)13/h1-4,7,11H. The van der Waals surface area contributed by atoms with E-state index in [-0.39, 0.29) is 0 Å². The first-order chi connectivity index (χ1) is 7.64. The average molecular weight is 289 g/mol. The molecule has 0 atom stereocenters. The first-order valence-corrected chi connectivity index (χ1v) is 6.91. The number of rotatable bonds is 4. The smallest absolute Gasteiger partial charge is 0.277 e.